The van der Waals surface area contributed by atoms with Gasteiger partial charge in [-0.2, -0.15) is 0 Å². The second-order valence-corrected chi connectivity index (χ2v) is 6.46. The van der Waals surface area contributed by atoms with Crippen LogP contribution in [-0.4, -0.2) is 37.6 Å². The lowest BCUT2D eigenvalue weighted by Crippen LogP contribution is -2.40. The molecule has 0 radical (unpaired) electrons. The van der Waals surface area contributed by atoms with E-state index in [2.05, 4.69) is 31.1 Å². The Morgan fingerprint density at radius 1 is 1.20 bits per heavy atom. The van der Waals surface area contributed by atoms with Gasteiger partial charge in [-0.3, -0.25) is 0 Å². The fourth-order valence-corrected chi connectivity index (χ4v) is 2.30. The summed E-state index contributed by atoms with van der Waals surface area (Å²) < 4.78 is 0. The zero-order chi connectivity index (χ0) is 10.9. The molecule has 0 aromatic rings. The predicted octanol–water partition coefficient (Wildman–Crippen LogP) is 2.11. The molecule has 0 atom stereocenters. The summed E-state index contributed by atoms with van der Waals surface area (Å²) in [4.78, 5) is 2.52. The molecule has 0 aliphatic heterocycles. The molecule has 2 aliphatic carbocycles. The molecule has 0 heterocycles. The van der Waals surface area contributed by atoms with Crippen LogP contribution in [-0.2, 0) is 0 Å². The van der Waals surface area contributed by atoms with Crippen LogP contribution in [0.3, 0.4) is 0 Å². The number of hydrogen-bond acceptors (Lipinski definition) is 2. The topological polar surface area (TPSA) is 15.3 Å². The lowest BCUT2D eigenvalue weighted by molar-refractivity contribution is 0.198. The maximum Gasteiger partial charge on any atom is 0.00684 e. The first-order chi connectivity index (χ1) is 7.05. The van der Waals surface area contributed by atoms with Gasteiger partial charge in [0.25, 0.3) is 0 Å². The zero-order valence-corrected chi connectivity index (χ0v) is 10.6. The summed E-state index contributed by atoms with van der Waals surface area (Å²) in [6.45, 7) is 8.47. The molecule has 2 rings (SSSR count). The third kappa shape index (κ3) is 4.52. The van der Waals surface area contributed by atoms with Crippen LogP contribution in [0.25, 0.3) is 0 Å². The SMILES string of the molecule is CN(CC1CC1)CC(C)(C)CNC1CC1. The van der Waals surface area contributed by atoms with E-state index in [1.54, 1.807) is 0 Å². The minimum absolute atomic E-state index is 0.423. The van der Waals surface area contributed by atoms with Crippen molar-refractivity contribution in [3.63, 3.8) is 0 Å². The second-order valence-electron chi connectivity index (χ2n) is 6.46. The highest BCUT2D eigenvalue weighted by atomic mass is 15.1. The van der Waals surface area contributed by atoms with Crippen molar-refractivity contribution in [1.82, 2.24) is 10.2 Å². The monoisotopic (exact) mass is 210 g/mol. The molecule has 0 saturated heterocycles. The van der Waals surface area contributed by atoms with Gasteiger partial charge in [0.15, 0.2) is 0 Å². The minimum Gasteiger partial charge on any atom is -0.313 e. The predicted molar refractivity (Wildman–Crippen MR) is 65.0 cm³/mol. The number of nitrogens with zero attached hydrogens (tertiary/aromatic N) is 1. The van der Waals surface area contributed by atoms with Gasteiger partial charge in [0.1, 0.15) is 0 Å². The van der Waals surface area contributed by atoms with Gasteiger partial charge in [-0.1, -0.05) is 13.8 Å². The van der Waals surface area contributed by atoms with Crippen molar-refractivity contribution in [2.75, 3.05) is 26.7 Å². The summed E-state index contributed by atoms with van der Waals surface area (Å²) >= 11 is 0. The largest absolute Gasteiger partial charge is 0.313 e. The first-order valence-corrected chi connectivity index (χ1v) is 6.47. The molecule has 2 fully saturated rings. The van der Waals surface area contributed by atoms with E-state index in [1.807, 2.05) is 0 Å². The normalized spacial score (nSPS) is 22.4. The van der Waals surface area contributed by atoms with Gasteiger partial charge in [-0.05, 0) is 44.1 Å². The third-order valence-electron chi connectivity index (χ3n) is 3.41. The molecule has 2 aliphatic rings. The van der Waals surface area contributed by atoms with E-state index < -0.39 is 0 Å². The van der Waals surface area contributed by atoms with Gasteiger partial charge >= 0.3 is 0 Å². The Balaban J connectivity index is 1.64. The summed E-state index contributed by atoms with van der Waals surface area (Å²) in [6, 6.07) is 0.845. The standard InChI is InChI=1S/C13H26N2/c1-13(2,9-14-12-6-7-12)10-15(3)8-11-4-5-11/h11-12,14H,4-10H2,1-3H3. The number of rotatable bonds is 7. The van der Waals surface area contributed by atoms with Crippen molar-refractivity contribution in [2.45, 2.75) is 45.6 Å². The molecule has 0 spiro atoms. The van der Waals surface area contributed by atoms with E-state index in [9.17, 15) is 0 Å². The van der Waals surface area contributed by atoms with E-state index in [-0.39, 0.29) is 0 Å². The van der Waals surface area contributed by atoms with Crippen molar-refractivity contribution >= 4 is 0 Å². The Morgan fingerprint density at radius 3 is 2.40 bits per heavy atom. The van der Waals surface area contributed by atoms with Gasteiger partial charge in [0.2, 0.25) is 0 Å². The van der Waals surface area contributed by atoms with Gasteiger partial charge in [-0.15, -0.1) is 0 Å². The van der Waals surface area contributed by atoms with Crippen molar-refractivity contribution in [3.8, 4) is 0 Å². The number of hydrogen-bond donors (Lipinski definition) is 1. The van der Waals surface area contributed by atoms with E-state index >= 15 is 0 Å². The van der Waals surface area contributed by atoms with Crippen LogP contribution in [0.15, 0.2) is 0 Å². The Hall–Kier alpha value is -0.0800. The van der Waals surface area contributed by atoms with Crippen LogP contribution in [0.5, 0.6) is 0 Å². The molecule has 0 amide bonds. The molecule has 1 N–H and O–H groups in total. The van der Waals surface area contributed by atoms with Crippen LogP contribution in [0, 0.1) is 11.3 Å². The van der Waals surface area contributed by atoms with Gasteiger partial charge in [-0.25, -0.2) is 0 Å². The van der Waals surface area contributed by atoms with Gasteiger partial charge < -0.3 is 10.2 Å². The Bertz CT molecular complexity index is 205. The average Bonchev–Trinajstić information content (AvgIpc) is 2.95. The molecule has 2 nitrogen and oxygen atoms in total. The van der Waals surface area contributed by atoms with Crippen LogP contribution >= 0.6 is 0 Å². The summed E-state index contributed by atoms with van der Waals surface area (Å²) in [7, 11) is 2.27. The average molecular weight is 210 g/mol. The Labute approximate surface area is 94.4 Å². The molecule has 2 saturated carbocycles. The van der Waals surface area contributed by atoms with E-state index in [1.165, 1.54) is 45.3 Å². The highest BCUT2D eigenvalue weighted by Crippen LogP contribution is 2.30. The van der Waals surface area contributed by atoms with Crippen molar-refractivity contribution < 1.29 is 0 Å². The highest BCUT2D eigenvalue weighted by molar-refractivity contribution is 4.85. The summed E-state index contributed by atoms with van der Waals surface area (Å²) in [5.74, 6) is 1.02. The molecular formula is C13H26N2. The quantitative estimate of drug-likeness (QED) is 0.692. The molecule has 0 bridgehead atoms. The first kappa shape index (κ1) is 11.4. The fraction of sp³-hybridized carbons (Fsp3) is 1.00. The Morgan fingerprint density at radius 2 is 1.87 bits per heavy atom. The smallest absolute Gasteiger partial charge is 0.00684 e. The highest BCUT2D eigenvalue weighted by Gasteiger charge is 2.28. The molecular weight excluding hydrogens is 184 g/mol. The second kappa shape index (κ2) is 4.42. The van der Waals surface area contributed by atoms with Crippen LogP contribution < -0.4 is 5.32 Å². The third-order valence-corrected chi connectivity index (χ3v) is 3.41. The maximum atomic E-state index is 3.64. The van der Waals surface area contributed by atoms with Gasteiger partial charge in [0, 0.05) is 25.7 Å². The van der Waals surface area contributed by atoms with Crippen molar-refractivity contribution in [2.24, 2.45) is 11.3 Å². The molecule has 0 aromatic heterocycles. The number of nitrogens with one attached hydrogen (secondary N) is 1. The van der Waals surface area contributed by atoms with Gasteiger partial charge in [0.05, 0.1) is 0 Å². The summed E-state index contributed by atoms with van der Waals surface area (Å²) in [5, 5.41) is 3.64. The lowest BCUT2D eigenvalue weighted by atomic mass is 9.92. The van der Waals surface area contributed by atoms with E-state index in [4.69, 9.17) is 0 Å². The van der Waals surface area contributed by atoms with Crippen LogP contribution in [0.1, 0.15) is 39.5 Å². The minimum atomic E-state index is 0.423. The maximum absolute atomic E-state index is 3.64. The molecule has 0 unspecified atom stereocenters. The zero-order valence-electron chi connectivity index (χ0n) is 10.6. The van der Waals surface area contributed by atoms with Crippen LogP contribution in [0.4, 0.5) is 0 Å². The lowest BCUT2D eigenvalue weighted by Gasteiger charge is -2.30. The van der Waals surface area contributed by atoms with Crippen molar-refractivity contribution in [1.29, 1.82) is 0 Å². The molecule has 88 valence electrons. The fourth-order valence-electron chi connectivity index (χ4n) is 2.30. The first-order valence-electron chi connectivity index (χ1n) is 6.47. The molecule has 2 heteroatoms. The van der Waals surface area contributed by atoms with E-state index in [0.717, 1.165) is 12.0 Å². The molecule has 15 heavy (non-hydrogen) atoms. The summed E-state index contributed by atoms with van der Waals surface area (Å²) in [5.41, 5.74) is 0.423. The molecule has 0 aromatic carbocycles. The van der Waals surface area contributed by atoms with Crippen LogP contribution in [0.2, 0.25) is 0 Å². The Kier molecular flexibility index (Phi) is 3.36. The summed E-state index contributed by atoms with van der Waals surface area (Å²) in [6.07, 6.45) is 5.72. The van der Waals surface area contributed by atoms with Crippen molar-refractivity contribution in [3.05, 3.63) is 0 Å². The van der Waals surface area contributed by atoms with E-state index in [0.29, 0.717) is 5.41 Å².